The van der Waals surface area contributed by atoms with E-state index in [9.17, 15) is 9.59 Å². The van der Waals surface area contributed by atoms with Gasteiger partial charge in [-0.25, -0.2) is 0 Å². The first-order valence-electron chi connectivity index (χ1n) is 9.78. The largest absolute Gasteiger partial charge is 0.345 e. The van der Waals surface area contributed by atoms with Crippen molar-refractivity contribution in [2.45, 2.75) is 31.5 Å². The molecule has 9 heteroatoms. The van der Waals surface area contributed by atoms with Crippen LogP contribution in [0.4, 0.5) is 5.69 Å². The monoisotopic (exact) mass is 501 g/mol. The smallest absolute Gasteiger partial charge is 0.251 e. The van der Waals surface area contributed by atoms with E-state index in [0.717, 1.165) is 15.7 Å². The fourth-order valence-electron chi connectivity index (χ4n) is 2.92. The van der Waals surface area contributed by atoms with E-state index in [1.165, 1.54) is 11.8 Å². The second kappa shape index (κ2) is 10.6. The van der Waals surface area contributed by atoms with Gasteiger partial charge in [0.25, 0.3) is 5.91 Å². The van der Waals surface area contributed by atoms with Crippen molar-refractivity contribution in [3.05, 3.63) is 70.0 Å². The molecule has 3 rings (SSSR count). The Morgan fingerprint density at radius 2 is 1.87 bits per heavy atom. The van der Waals surface area contributed by atoms with Gasteiger partial charge in [0.1, 0.15) is 0 Å². The normalized spacial score (nSPS) is 10.9. The molecule has 1 heterocycles. The number of aromatic nitrogens is 3. The van der Waals surface area contributed by atoms with Crippen LogP contribution in [0.3, 0.4) is 0 Å². The van der Waals surface area contributed by atoms with Crippen molar-refractivity contribution >= 4 is 45.2 Å². The SMILES string of the molecule is CC(C)c1cc(Br)ccc1NC(=O)CSc1nnc(CNC(=O)c2ccccc2)n1C. The summed E-state index contributed by atoms with van der Waals surface area (Å²) in [5.41, 5.74) is 2.47. The molecule has 0 aliphatic carbocycles. The Labute approximate surface area is 194 Å². The van der Waals surface area contributed by atoms with Crippen molar-refractivity contribution in [3.8, 4) is 0 Å². The summed E-state index contributed by atoms with van der Waals surface area (Å²) in [6.07, 6.45) is 0. The Kier molecular flexibility index (Phi) is 7.86. The van der Waals surface area contributed by atoms with Crippen LogP contribution in [0.5, 0.6) is 0 Å². The number of thioether (sulfide) groups is 1. The number of nitrogens with one attached hydrogen (secondary N) is 2. The number of hydrogen-bond donors (Lipinski definition) is 2. The Hall–Kier alpha value is -2.65. The maximum Gasteiger partial charge on any atom is 0.251 e. The lowest BCUT2D eigenvalue weighted by Gasteiger charge is -2.14. The highest BCUT2D eigenvalue weighted by atomic mass is 79.9. The third-order valence-electron chi connectivity index (χ3n) is 4.61. The molecule has 0 aliphatic heterocycles. The van der Waals surface area contributed by atoms with Gasteiger partial charge in [0.05, 0.1) is 12.3 Å². The number of carbonyl (C=O) groups is 2. The van der Waals surface area contributed by atoms with Crippen LogP contribution in [0.2, 0.25) is 0 Å². The molecule has 0 fully saturated rings. The van der Waals surface area contributed by atoms with Crippen molar-refractivity contribution in [2.75, 3.05) is 11.1 Å². The minimum absolute atomic E-state index is 0.115. The molecule has 2 amide bonds. The maximum absolute atomic E-state index is 12.5. The van der Waals surface area contributed by atoms with E-state index >= 15 is 0 Å². The number of nitrogens with zero attached hydrogens (tertiary/aromatic N) is 3. The third-order valence-corrected chi connectivity index (χ3v) is 6.12. The first kappa shape index (κ1) is 23.0. The van der Waals surface area contributed by atoms with Gasteiger partial charge in [-0.2, -0.15) is 0 Å². The maximum atomic E-state index is 12.5. The molecule has 0 aliphatic rings. The third kappa shape index (κ3) is 6.18. The van der Waals surface area contributed by atoms with Crippen LogP contribution in [-0.4, -0.2) is 32.3 Å². The van der Waals surface area contributed by atoms with Gasteiger partial charge in [0, 0.05) is 22.8 Å². The molecular weight excluding hydrogens is 478 g/mol. The van der Waals surface area contributed by atoms with E-state index in [1.54, 1.807) is 16.7 Å². The number of hydrogen-bond acceptors (Lipinski definition) is 5. The van der Waals surface area contributed by atoms with Gasteiger partial charge in [-0.1, -0.05) is 59.7 Å². The Bertz CT molecular complexity index is 1070. The molecule has 162 valence electrons. The van der Waals surface area contributed by atoms with Crippen molar-refractivity contribution in [1.29, 1.82) is 0 Å². The topological polar surface area (TPSA) is 88.9 Å². The van der Waals surface area contributed by atoms with E-state index in [4.69, 9.17) is 0 Å². The molecule has 1 aromatic heterocycles. The number of amides is 2. The lowest BCUT2D eigenvalue weighted by molar-refractivity contribution is -0.113. The standard InChI is InChI=1S/C22H24BrN5O2S/c1-14(2)17-11-16(23)9-10-18(17)25-20(29)13-31-22-27-26-19(28(22)3)12-24-21(30)15-7-5-4-6-8-15/h4-11,14H,12-13H2,1-3H3,(H,24,30)(H,25,29). The van der Waals surface area contributed by atoms with E-state index < -0.39 is 0 Å². The number of carbonyl (C=O) groups excluding carboxylic acids is 2. The van der Waals surface area contributed by atoms with Crippen molar-refractivity contribution in [2.24, 2.45) is 7.05 Å². The molecule has 31 heavy (non-hydrogen) atoms. The molecule has 0 unspecified atom stereocenters. The van der Waals surface area contributed by atoms with Crippen LogP contribution in [0.1, 0.15) is 41.5 Å². The van der Waals surface area contributed by atoms with Crippen LogP contribution in [-0.2, 0) is 18.4 Å². The summed E-state index contributed by atoms with van der Waals surface area (Å²) in [5, 5.41) is 14.7. The zero-order valence-electron chi connectivity index (χ0n) is 17.6. The summed E-state index contributed by atoms with van der Waals surface area (Å²) in [7, 11) is 1.82. The molecule has 0 spiro atoms. The van der Waals surface area contributed by atoms with Gasteiger partial charge in [0.2, 0.25) is 5.91 Å². The first-order valence-corrected chi connectivity index (χ1v) is 11.6. The minimum atomic E-state index is -0.173. The van der Waals surface area contributed by atoms with Crippen LogP contribution in [0, 0.1) is 0 Å². The van der Waals surface area contributed by atoms with E-state index in [-0.39, 0.29) is 30.0 Å². The highest BCUT2D eigenvalue weighted by Gasteiger charge is 2.15. The molecule has 0 radical (unpaired) electrons. The second-order valence-corrected chi connectivity index (χ2v) is 9.09. The highest BCUT2D eigenvalue weighted by molar-refractivity contribution is 9.10. The molecule has 0 atom stereocenters. The molecule has 2 aromatic carbocycles. The van der Waals surface area contributed by atoms with Gasteiger partial charge in [-0.3, -0.25) is 9.59 Å². The predicted molar refractivity (Wildman–Crippen MR) is 126 cm³/mol. The first-order chi connectivity index (χ1) is 14.8. The molecule has 7 nitrogen and oxygen atoms in total. The van der Waals surface area contributed by atoms with Crippen molar-refractivity contribution < 1.29 is 9.59 Å². The van der Waals surface area contributed by atoms with E-state index in [1.807, 2.05) is 43.4 Å². The molecular formula is C22H24BrN5O2S. The van der Waals surface area contributed by atoms with Crippen LogP contribution in [0.25, 0.3) is 0 Å². The van der Waals surface area contributed by atoms with Crippen LogP contribution >= 0.6 is 27.7 Å². The average Bonchev–Trinajstić information content (AvgIpc) is 3.11. The van der Waals surface area contributed by atoms with Crippen molar-refractivity contribution in [1.82, 2.24) is 20.1 Å². The summed E-state index contributed by atoms with van der Waals surface area (Å²) < 4.78 is 2.76. The summed E-state index contributed by atoms with van der Waals surface area (Å²) >= 11 is 4.77. The van der Waals surface area contributed by atoms with E-state index in [0.29, 0.717) is 16.5 Å². The van der Waals surface area contributed by atoms with Gasteiger partial charge < -0.3 is 15.2 Å². The summed E-state index contributed by atoms with van der Waals surface area (Å²) in [5.74, 6) is 0.814. The number of rotatable bonds is 8. The number of benzene rings is 2. The average molecular weight is 502 g/mol. The predicted octanol–water partition coefficient (Wildman–Crippen LogP) is 4.36. The zero-order valence-corrected chi connectivity index (χ0v) is 20.0. The zero-order chi connectivity index (χ0) is 22.4. The highest BCUT2D eigenvalue weighted by Crippen LogP contribution is 2.28. The molecule has 2 N–H and O–H groups in total. The quantitative estimate of drug-likeness (QED) is 0.447. The number of halogens is 1. The Morgan fingerprint density at radius 3 is 2.58 bits per heavy atom. The fourth-order valence-corrected chi connectivity index (χ4v) is 4.03. The second-order valence-electron chi connectivity index (χ2n) is 7.23. The molecule has 3 aromatic rings. The molecule has 0 saturated heterocycles. The number of anilines is 1. The van der Waals surface area contributed by atoms with E-state index in [2.05, 4.69) is 50.6 Å². The van der Waals surface area contributed by atoms with Crippen molar-refractivity contribution in [3.63, 3.8) is 0 Å². The lowest BCUT2D eigenvalue weighted by atomic mass is 10.0. The summed E-state index contributed by atoms with van der Waals surface area (Å²) in [6.45, 7) is 4.42. The lowest BCUT2D eigenvalue weighted by Crippen LogP contribution is -2.24. The molecule has 0 bridgehead atoms. The fraction of sp³-hybridized carbons (Fsp3) is 0.273. The van der Waals surface area contributed by atoms with Gasteiger partial charge in [-0.15, -0.1) is 10.2 Å². The Morgan fingerprint density at radius 1 is 1.13 bits per heavy atom. The van der Waals surface area contributed by atoms with Crippen LogP contribution in [0.15, 0.2) is 58.2 Å². The van der Waals surface area contributed by atoms with Crippen LogP contribution < -0.4 is 10.6 Å². The summed E-state index contributed by atoms with van der Waals surface area (Å²) in [6, 6.07) is 14.8. The Balaban J connectivity index is 1.55. The van der Waals surface area contributed by atoms with Gasteiger partial charge >= 0.3 is 0 Å². The summed E-state index contributed by atoms with van der Waals surface area (Å²) in [4.78, 5) is 24.7. The van der Waals surface area contributed by atoms with Gasteiger partial charge in [0.15, 0.2) is 11.0 Å². The van der Waals surface area contributed by atoms with Gasteiger partial charge in [-0.05, 0) is 41.8 Å². The molecule has 0 saturated carbocycles. The minimum Gasteiger partial charge on any atom is -0.345 e.